The van der Waals surface area contributed by atoms with E-state index in [2.05, 4.69) is 24.0 Å². The van der Waals surface area contributed by atoms with Crippen molar-refractivity contribution in [1.29, 1.82) is 0 Å². The molecule has 35 heavy (non-hydrogen) atoms. The summed E-state index contributed by atoms with van der Waals surface area (Å²) in [4.78, 5) is 42.3. The van der Waals surface area contributed by atoms with Gasteiger partial charge < -0.3 is 14.5 Å². The second kappa shape index (κ2) is 11.5. The molecule has 0 N–H and O–H groups in total. The molecular weight excluding hydrogens is 442 g/mol. The van der Waals surface area contributed by atoms with Crippen molar-refractivity contribution in [2.45, 2.75) is 45.4 Å². The molecule has 0 aliphatic carbocycles. The van der Waals surface area contributed by atoms with Crippen LogP contribution in [0.3, 0.4) is 0 Å². The Morgan fingerprint density at radius 3 is 2.26 bits per heavy atom. The molecule has 0 fully saturated rings. The van der Waals surface area contributed by atoms with E-state index in [0.717, 1.165) is 69.6 Å². The van der Waals surface area contributed by atoms with Crippen molar-refractivity contribution in [2.24, 2.45) is 0 Å². The maximum Gasteiger partial charge on any atom is 0.264 e. The average Bonchev–Trinajstić information content (AvgIpc) is 3.11. The van der Waals surface area contributed by atoms with Crippen LogP contribution in [0.15, 0.2) is 42.5 Å². The summed E-state index contributed by atoms with van der Waals surface area (Å²) in [7, 11) is 1.78. The lowest BCUT2D eigenvalue weighted by molar-refractivity contribution is -0.121. The molecule has 2 aliphatic rings. The van der Waals surface area contributed by atoms with Crippen molar-refractivity contribution in [2.75, 3.05) is 44.7 Å². The topological polar surface area (TPSA) is 70.2 Å². The number of rotatable bonds is 12. The summed E-state index contributed by atoms with van der Waals surface area (Å²) in [6.07, 6.45) is 6.05. The fourth-order valence-corrected chi connectivity index (χ4v) is 4.84. The summed E-state index contributed by atoms with van der Waals surface area (Å²) < 4.78 is 5.60. The van der Waals surface area contributed by atoms with E-state index < -0.39 is 0 Å². The Balaban J connectivity index is 1.17. The number of hydrogen-bond acceptors (Lipinski definition) is 5. The van der Waals surface area contributed by atoms with Gasteiger partial charge in [0, 0.05) is 13.6 Å². The highest BCUT2D eigenvalue weighted by molar-refractivity contribution is 6.21. The lowest BCUT2D eigenvalue weighted by Crippen LogP contribution is -2.35. The van der Waals surface area contributed by atoms with Crippen LogP contribution >= 0.6 is 0 Å². The Kier molecular flexibility index (Phi) is 8.18. The average molecular weight is 478 g/mol. The quantitative estimate of drug-likeness (QED) is 0.339. The highest BCUT2D eigenvalue weighted by Gasteiger charge is 2.34. The normalized spacial score (nSPS) is 15.0. The number of amides is 3. The number of imide groups is 1. The van der Waals surface area contributed by atoms with Gasteiger partial charge in [0.1, 0.15) is 5.75 Å². The molecule has 0 unspecified atom stereocenters. The molecule has 2 aliphatic heterocycles. The van der Waals surface area contributed by atoms with E-state index in [4.69, 9.17) is 4.74 Å². The van der Waals surface area contributed by atoms with Gasteiger partial charge in [0.2, 0.25) is 0 Å². The standard InChI is InChI=1S/C28H35N3O4/c1-3-15-30(17-8-9-18-31-27(33)22-11-4-5-12-23(22)28(31)34)16-7-6-10-21-13-14-24-25(19-21)35-20-26(32)29(24)2/h4-5,11-14,19H,3,6-10,15-18,20H2,1-2H3. The molecule has 0 saturated heterocycles. The number of anilines is 1. The van der Waals surface area contributed by atoms with Crippen LogP contribution in [0.4, 0.5) is 5.69 Å². The van der Waals surface area contributed by atoms with Crippen LogP contribution in [0.1, 0.15) is 65.3 Å². The Bertz CT molecular complexity index is 1050. The Labute approximate surface area is 207 Å². The van der Waals surface area contributed by atoms with Crippen LogP contribution in [0.5, 0.6) is 5.75 Å². The van der Waals surface area contributed by atoms with Gasteiger partial charge in [0.25, 0.3) is 17.7 Å². The van der Waals surface area contributed by atoms with Crippen molar-refractivity contribution in [3.63, 3.8) is 0 Å². The summed E-state index contributed by atoms with van der Waals surface area (Å²) in [6, 6.07) is 13.2. The molecule has 0 bridgehead atoms. The number of benzene rings is 2. The third-order valence-corrected chi connectivity index (χ3v) is 6.82. The first-order chi connectivity index (χ1) is 17.0. The first-order valence-corrected chi connectivity index (χ1v) is 12.7. The fourth-order valence-electron chi connectivity index (χ4n) is 4.84. The van der Waals surface area contributed by atoms with Gasteiger partial charge in [0.15, 0.2) is 6.61 Å². The van der Waals surface area contributed by atoms with Crippen molar-refractivity contribution < 1.29 is 19.1 Å². The zero-order chi connectivity index (χ0) is 24.8. The molecule has 3 amide bonds. The molecule has 4 rings (SSSR count). The number of aryl methyl sites for hydroxylation is 1. The molecule has 7 heteroatoms. The molecule has 2 aromatic carbocycles. The summed E-state index contributed by atoms with van der Waals surface area (Å²) in [5.74, 6) is 0.434. The SMILES string of the molecule is CCCN(CCCCc1ccc2c(c1)OCC(=O)N2C)CCCCN1C(=O)c2ccccc2C1=O. The summed E-state index contributed by atoms with van der Waals surface area (Å²) in [6.45, 7) is 5.85. The fraction of sp³-hybridized carbons (Fsp3) is 0.464. The molecule has 186 valence electrons. The third kappa shape index (κ3) is 5.73. The van der Waals surface area contributed by atoms with E-state index in [1.165, 1.54) is 10.5 Å². The smallest absolute Gasteiger partial charge is 0.264 e. The van der Waals surface area contributed by atoms with Gasteiger partial charge in [-0.15, -0.1) is 0 Å². The number of unbranched alkanes of at least 4 members (excludes halogenated alkanes) is 2. The van der Waals surface area contributed by atoms with Crippen molar-refractivity contribution in [1.82, 2.24) is 9.80 Å². The minimum Gasteiger partial charge on any atom is -0.482 e. The first-order valence-electron chi connectivity index (χ1n) is 12.7. The summed E-state index contributed by atoms with van der Waals surface area (Å²) in [5.41, 5.74) is 3.11. The van der Waals surface area contributed by atoms with Crippen LogP contribution in [-0.2, 0) is 11.2 Å². The highest BCUT2D eigenvalue weighted by atomic mass is 16.5. The number of fused-ring (bicyclic) bond motifs is 2. The van der Waals surface area contributed by atoms with Crippen LogP contribution in [0.25, 0.3) is 0 Å². The number of hydrogen-bond donors (Lipinski definition) is 0. The van der Waals surface area contributed by atoms with Gasteiger partial charge in [-0.25, -0.2) is 0 Å². The molecule has 2 aromatic rings. The molecular formula is C28H35N3O4. The maximum atomic E-state index is 12.5. The minimum atomic E-state index is -0.165. The van der Waals surface area contributed by atoms with Crippen molar-refractivity contribution in [3.05, 3.63) is 59.2 Å². The number of carbonyl (C=O) groups is 3. The number of carbonyl (C=O) groups excluding carboxylic acids is 3. The molecule has 0 radical (unpaired) electrons. The van der Waals surface area contributed by atoms with Crippen molar-refractivity contribution >= 4 is 23.4 Å². The summed E-state index contributed by atoms with van der Waals surface area (Å²) in [5, 5.41) is 0. The Morgan fingerprint density at radius 2 is 1.57 bits per heavy atom. The van der Waals surface area contributed by atoms with E-state index in [0.29, 0.717) is 17.7 Å². The molecule has 2 heterocycles. The lowest BCUT2D eigenvalue weighted by atomic mass is 10.1. The second-order valence-corrected chi connectivity index (χ2v) is 9.36. The Morgan fingerprint density at radius 1 is 0.886 bits per heavy atom. The highest BCUT2D eigenvalue weighted by Crippen LogP contribution is 2.32. The monoisotopic (exact) mass is 477 g/mol. The van der Waals surface area contributed by atoms with Gasteiger partial charge in [-0.2, -0.15) is 0 Å². The maximum absolute atomic E-state index is 12.5. The molecule has 0 aromatic heterocycles. The first kappa shape index (κ1) is 24.9. The molecule has 0 saturated carbocycles. The molecule has 0 atom stereocenters. The number of likely N-dealkylation sites (N-methyl/N-ethyl adjacent to an activating group) is 1. The second-order valence-electron chi connectivity index (χ2n) is 9.36. The zero-order valence-corrected chi connectivity index (χ0v) is 20.8. The van der Waals surface area contributed by atoms with E-state index in [1.807, 2.05) is 6.07 Å². The summed E-state index contributed by atoms with van der Waals surface area (Å²) >= 11 is 0. The van der Waals surface area contributed by atoms with Crippen molar-refractivity contribution in [3.8, 4) is 5.75 Å². The van der Waals surface area contributed by atoms with Gasteiger partial charge >= 0.3 is 0 Å². The Hall–Kier alpha value is -3.19. The third-order valence-electron chi connectivity index (χ3n) is 6.82. The largest absolute Gasteiger partial charge is 0.482 e. The van der Waals surface area contributed by atoms with Gasteiger partial charge in [-0.3, -0.25) is 19.3 Å². The predicted molar refractivity (Wildman–Crippen MR) is 136 cm³/mol. The van der Waals surface area contributed by atoms with Crippen LogP contribution < -0.4 is 9.64 Å². The predicted octanol–water partition coefficient (Wildman–Crippen LogP) is 4.15. The van der Waals surface area contributed by atoms with Crippen LogP contribution in [0.2, 0.25) is 0 Å². The van der Waals surface area contributed by atoms with E-state index >= 15 is 0 Å². The number of ether oxygens (including phenoxy) is 1. The van der Waals surface area contributed by atoms with Gasteiger partial charge in [-0.1, -0.05) is 25.1 Å². The zero-order valence-electron chi connectivity index (χ0n) is 20.8. The van der Waals surface area contributed by atoms with Crippen LogP contribution in [-0.4, -0.2) is 67.4 Å². The molecule has 0 spiro atoms. The van der Waals surface area contributed by atoms with E-state index in [9.17, 15) is 14.4 Å². The van der Waals surface area contributed by atoms with Gasteiger partial charge in [-0.05, 0) is 88.0 Å². The van der Waals surface area contributed by atoms with E-state index in [1.54, 1.807) is 36.2 Å². The van der Waals surface area contributed by atoms with Crippen LogP contribution in [0, 0.1) is 0 Å². The van der Waals surface area contributed by atoms with E-state index in [-0.39, 0.29) is 24.3 Å². The van der Waals surface area contributed by atoms with Gasteiger partial charge in [0.05, 0.1) is 16.8 Å². The minimum absolute atomic E-state index is 0.0232. The lowest BCUT2D eigenvalue weighted by Gasteiger charge is -2.26. The number of nitrogens with zero attached hydrogens (tertiary/aromatic N) is 3. The molecule has 7 nitrogen and oxygen atoms in total.